The molecule has 2 unspecified atom stereocenters. The standard InChI is InChI=1S/C27H36N4O3/c1-20-4-8-22(9-5-20)31-25(32)13-12-24(26(31)21-6-10-23(34-3)11-7-21)27(33)28-14-15-30-18-16-29(2)17-19-30/h4-11,24,26H,12-19H2,1-3H3,(H,28,33). The monoisotopic (exact) mass is 464 g/mol. The molecule has 2 aromatic carbocycles. The van der Waals surface area contributed by atoms with Crippen LogP contribution >= 0.6 is 0 Å². The van der Waals surface area contributed by atoms with Crippen LogP contribution in [0.4, 0.5) is 5.69 Å². The molecule has 2 heterocycles. The fraction of sp³-hybridized carbons (Fsp3) is 0.481. The van der Waals surface area contributed by atoms with E-state index in [1.54, 1.807) is 7.11 Å². The summed E-state index contributed by atoms with van der Waals surface area (Å²) in [6.45, 7) is 7.67. The zero-order valence-corrected chi connectivity index (χ0v) is 20.5. The second kappa shape index (κ2) is 11.0. The predicted molar refractivity (Wildman–Crippen MR) is 134 cm³/mol. The molecule has 2 saturated heterocycles. The number of benzene rings is 2. The van der Waals surface area contributed by atoms with Crippen molar-refractivity contribution < 1.29 is 14.3 Å². The topological polar surface area (TPSA) is 65.1 Å². The van der Waals surface area contributed by atoms with E-state index in [2.05, 4.69) is 22.2 Å². The molecule has 182 valence electrons. The van der Waals surface area contributed by atoms with Crippen LogP contribution in [0.2, 0.25) is 0 Å². The van der Waals surface area contributed by atoms with Gasteiger partial charge in [-0.1, -0.05) is 29.8 Å². The van der Waals surface area contributed by atoms with Crippen molar-refractivity contribution in [2.45, 2.75) is 25.8 Å². The number of nitrogens with one attached hydrogen (secondary N) is 1. The fourth-order valence-corrected chi connectivity index (χ4v) is 4.90. The van der Waals surface area contributed by atoms with Gasteiger partial charge in [0.25, 0.3) is 0 Å². The lowest BCUT2D eigenvalue weighted by Crippen LogP contribution is -2.50. The number of likely N-dealkylation sites (N-methyl/N-ethyl adjacent to an activating group) is 1. The molecular formula is C27H36N4O3. The second-order valence-corrected chi connectivity index (χ2v) is 9.40. The van der Waals surface area contributed by atoms with Crippen LogP contribution in [0, 0.1) is 12.8 Å². The fourth-order valence-electron chi connectivity index (χ4n) is 4.90. The van der Waals surface area contributed by atoms with Crippen molar-refractivity contribution in [3.05, 3.63) is 59.7 Å². The van der Waals surface area contributed by atoms with E-state index in [-0.39, 0.29) is 23.8 Å². The number of amides is 2. The number of carbonyl (C=O) groups is 2. The lowest BCUT2D eigenvalue weighted by Gasteiger charge is -2.41. The van der Waals surface area contributed by atoms with Crippen LogP contribution in [0.15, 0.2) is 48.5 Å². The van der Waals surface area contributed by atoms with Crippen molar-refractivity contribution in [1.82, 2.24) is 15.1 Å². The first kappa shape index (κ1) is 24.2. The minimum Gasteiger partial charge on any atom is -0.497 e. The molecule has 0 aromatic heterocycles. The number of methoxy groups -OCH3 is 1. The summed E-state index contributed by atoms with van der Waals surface area (Å²) in [7, 11) is 3.77. The summed E-state index contributed by atoms with van der Waals surface area (Å²) in [5.41, 5.74) is 2.90. The molecule has 0 saturated carbocycles. The Hall–Kier alpha value is -2.90. The van der Waals surface area contributed by atoms with E-state index in [9.17, 15) is 9.59 Å². The van der Waals surface area contributed by atoms with E-state index in [0.717, 1.165) is 55.3 Å². The van der Waals surface area contributed by atoms with Crippen molar-refractivity contribution >= 4 is 17.5 Å². The number of anilines is 1. The molecule has 7 nitrogen and oxygen atoms in total. The first-order chi connectivity index (χ1) is 16.5. The molecule has 0 bridgehead atoms. The third kappa shape index (κ3) is 5.59. The Labute approximate surface area is 202 Å². The number of carbonyl (C=O) groups excluding carboxylic acids is 2. The summed E-state index contributed by atoms with van der Waals surface area (Å²) in [6.07, 6.45) is 0.898. The van der Waals surface area contributed by atoms with Crippen LogP contribution < -0.4 is 15.0 Å². The highest BCUT2D eigenvalue weighted by Gasteiger charge is 2.41. The summed E-state index contributed by atoms with van der Waals surface area (Å²) in [4.78, 5) is 33.1. The van der Waals surface area contributed by atoms with E-state index < -0.39 is 0 Å². The molecule has 2 atom stereocenters. The van der Waals surface area contributed by atoms with Gasteiger partial charge >= 0.3 is 0 Å². The van der Waals surface area contributed by atoms with E-state index >= 15 is 0 Å². The number of nitrogens with zero attached hydrogens (tertiary/aromatic N) is 3. The molecule has 2 aromatic rings. The number of rotatable bonds is 7. The maximum atomic E-state index is 13.4. The molecule has 7 heteroatoms. The zero-order chi connectivity index (χ0) is 24.1. The van der Waals surface area contributed by atoms with Gasteiger partial charge in [0.15, 0.2) is 0 Å². The summed E-state index contributed by atoms with van der Waals surface area (Å²) in [5.74, 6) is 0.492. The summed E-state index contributed by atoms with van der Waals surface area (Å²) >= 11 is 0. The maximum absolute atomic E-state index is 13.4. The first-order valence-corrected chi connectivity index (χ1v) is 12.2. The SMILES string of the molecule is COc1ccc(C2C(C(=O)NCCN3CCN(C)CC3)CCC(=O)N2c2ccc(C)cc2)cc1. The lowest BCUT2D eigenvalue weighted by molar-refractivity contribution is -0.129. The van der Waals surface area contributed by atoms with Crippen LogP contribution in [0.1, 0.15) is 30.0 Å². The Morgan fingerprint density at radius 3 is 2.35 bits per heavy atom. The quantitative estimate of drug-likeness (QED) is 0.683. The van der Waals surface area contributed by atoms with Crippen molar-refractivity contribution in [2.24, 2.45) is 5.92 Å². The molecule has 2 aliphatic heterocycles. The maximum Gasteiger partial charge on any atom is 0.227 e. The summed E-state index contributed by atoms with van der Waals surface area (Å²) in [5, 5.41) is 3.17. The number of piperazine rings is 1. The number of aryl methyl sites for hydroxylation is 1. The first-order valence-electron chi connectivity index (χ1n) is 12.2. The highest BCUT2D eigenvalue weighted by atomic mass is 16.5. The Morgan fingerprint density at radius 1 is 1.03 bits per heavy atom. The Morgan fingerprint density at radius 2 is 1.71 bits per heavy atom. The molecule has 2 fully saturated rings. The van der Waals surface area contributed by atoms with E-state index in [0.29, 0.717) is 19.4 Å². The molecule has 2 aliphatic rings. The van der Waals surface area contributed by atoms with Crippen LogP contribution in [-0.2, 0) is 9.59 Å². The van der Waals surface area contributed by atoms with E-state index in [1.807, 2.05) is 60.4 Å². The van der Waals surface area contributed by atoms with Gasteiger partial charge in [0, 0.05) is 51.4 Å². The average Bonchev–Trinajstić information content (AvgIpc) is 2.85. The van der Waals surface area contributed by atoms with Crippen LogP contribution in [0.3, 0.4) is 0 Å². The molecule has 0 spiro atoms. The second-order valence-electron chi connectivity index (χ2n) is 9.40. The number of hydrogen-bond donors (Lipinski definition) is 1. The molecule has 2 amide bonds. The Balaban J connectivity index is 1.54. The molecular weight excluding hydrogens is 428 g/mol. The van der Waals surface area contributed by atoms with Gasteiger partial charge in [0.05, 0.1) is 19.1 Å². The van der Waals surface area contributed by atoms with Crippen molar-refractivity contribution in [2.75, 3.05) is 58.3 Å². The van der Waals surface area contributed by atoms with Crippen molar-refractivity contribution in [1.29, 1.82) is 0 Å². The average molecular weight is 465 g/mol. The van der Waals surface area contributed by atoms with Gasteiger partial charge in [0.2, 0.25) is 11.8 Å². The smallest absolute Gasteiger partial charge is 0.227 e. The molecule has 4 rings (SSSR count). The minimum absolute atomic E-state index is 0.0135. The van der Waals surface area contributed by atoms with Crippen LogP contribution in [0.5, 0.6) is 5.75 Å². The molecule has 0 aliphatic carbocycles. The highest BCUT2D eigenvalue weighted by molar-refractivity contribution is 5.97. The lowest BCUT2D eigenvalue weighted by atomic mass is 9.83. The van der Waals surface area contributed by atoms with Crippen molar-refractivity contribution in [3.63, 3.8) is 0 Å². The molecule has 34 heavy (non-hydrogen) atoms. The molecule has 1 N–H and O–H groups in total. The van der Waals surface area contributed by atoms with Crippen LogP contribution in [-0.4, -0.2) is 75.0 Å². The van der Waals surface area contributed by atoms with Crippen LogP contribution in [0.25, 0.3) is 0 Å². The zero-order valence-electron chi connectivity index (χ0n) is 20.5. The van der Waals surface area contributed by atoms with Gasteiger partial charge in [-0.05, 0) is 50.2 Å². The van der Waals surface area contributed by atoms with Gasteiger partial charge in [-0.2, -0.15) is 0 Å². The van der Waals surface area contributed by atoms with Gasteiger partial charge in [-0.25, -0.2) is 0 Å². The van der Waals surface area contributed by atoms with Gasteiger partial charge < -0.3 is 19.9 Å². The predicted octanol–water partition coefficient (Wildman–Crippen LogP) is 2.85. The number of ether oxygens (including phenoxy) is 1. The van der Waals surface area contributed by atoms with E-state index in [4.69, 9.17) is 4.74 Å². The van der Waals surface area contributed by atoms with Gasteiger partial charge in [-0.3, -0.25) is 14.5 Å². The largest absolute Gasteiger partial charge is 0.497 e. The number of piperidine rings is 1. The normalized spacial score (nSPS) is 22.0. The Bertz CT molecular complexity index is 968. The van der Waals surface area contributed by atoms with Crippen molar-refractivity contribution in [3.8, 4) is 5.75 Å². The third-order valence-electron chi connectivity index (χ3n) is 7.03. The Kier molecular flexibility index (Phi) is 7.85. The summed E-state index contributed by atoms with van der Waals surface area (Å²) in [6, 6.07) is 15.3. The van der Waals surface area contributed by atoms with E-state index in [1.165, 1.54) is 0 Å². The highest BCUT2D eigenvalue weighted by Crippen LogP contribution is 2.40. The minimum atomic E-state index is -0.363. The third-order valence-corrected chi connectivity index (χ3v) is 7.03. The summed E-state index contributed by atoms with van der Waals surface area (Å²) < 4.78 is 5.33. The molecule has 0 radical (unpaired) electrons. The number of hydrogen-bond acceptors (Lipinski definition) is 5. The van der Waals surface area contributed by atoms with Gasteiger partial charge in [-0.15, -0.1) is 0 Å². The van der Waals surface area contributed by atoms with Gasteiger partial charge in [0.1, 0.15) is 5.75 Å².